The zero-order chi connectivity index (χ0) is 11.1. The third kappa shape index (κ3) is 1.89. The fourth-order valence-electron chi connectivity index (χ4n) is 1.93. The first-order valence-electron chi connectivity index (χ1n) is 5.16. The molecule has 4 nitrogen and oxygen atoms in total. The summed E-state index contributed by atoms with van der Waals surface area (Å²) in [5.41, 5.74) is 0.708. The minimum absolute atomic E-state index is 0.286. The summed E-state index contributed by atoms with van der Waals surface area (Å²) >= 11 is 0. The van der Waals surface area contributed by atoms with Crippen molar-refractivity contribution < 1.29 is 9.53 Å². The Labute approximate surface area is 89.3 Å². The topological polar surface area (TPSA) is 44.1 Å². The van der Waals surface area contributed by atoms with E-state index in [1.807, 2.05) is 0 Å². The Balaban J connectivity index is 2.29. The first-order chi connectivity index (χ1) is 7.02. The van der Waals surface area contributed by atoms with E-state index in [4.69, 9.17) is 0 Å². The first kappa shape index (κ1) is 10.2. The lowest BCUT2D eigenvalue weighted by Gasteiger charge is -2.29. The number of hydrogen-bond acceptors (Lipinski definition) is 3. The van der Waals surface area contributed by atoms with E-state index in [9.17, 15) is 4.79 Å². The van der Waals surface area contributed by atoms with Gasteiger partial charge in [0.2, 0.25) is 0 Å². The van der Waals surface area contributed by atoms with Crippen LogP contribution in [0.2, 0.25) is 0 Å². The van der Waals surface area contributed by atoms with E-state index in [0.717, 1.165) is 25.2 Å². The molecule has 0 atom stereocenters. The molecule has 0 radical (unpaired) electrons. The number of carbonyl (C=O) groups excluding carboxylic acids is 1. The fourth-order valence-corrected chi connectivity index (χ4v) is 1.93. The third-order valence-electron chi connectivity index (χ3n) is 2.92. The second-order valence-electron chi connectivity index (χ2n) is 4.82. The maximum Gasteiger partial charge on any atom is 0.358 e. The van der Waals surface area contributed by atoms with Gasteiger partial charge in [-0.1, -0.05) is 13.8 Å². The molecule has 0 aliphatic carbocycles. The molecule has 4 heteroatoms. The molecule has 1 aliphatic heterocycles. The Morgan fingerprint density at radius 1 is 1.60 bits per heavy atom. The molecule has 0 spiro atoms. The van der Waals surface area contributed by atoms with Gasteiger partial charge in [0.15, 0.2) is 5.69 Å². The summed E-state index contributed by atoms with van der Waals surface area (Å²) < 4.78 is 6.70. The molecule has 0 unspecified atom stereocenters. The molecule has 0 bridgehead atoms. The molecule has 0 aromatic carbocycles. The minimum Gasteiger partial charge on any atom is -0.464 e. The van der Waals surface area contributed by atoms with Crippen LogP contribution in [0, 0.1) is 5.41 Å². The molecular weight excluding hydrogens is 192 g/mol. The maximum absolute atomic E-state index is 11.3. The van der Waals surface area contributed by atoms with Crippen LogP contribution in [0.5, 0.6) is 0 Å². The minimum atomic E-state index is -0.352. The molecule has 0 N–H and O–H groups in total. The van der Waals surface area contributed by atoms with Gasteiger partial charge in [0.1, 0.15) is 5.82 Å². The number of nitrogens with zero attached hydrogens (tertiary/aromatic N) is 2. The Kier molecular flexibility index (Phi) is 2.29. The summed E-state index contributed by atoms with van der Waals surface area (Å²) in [5.74, 6) is 0.640. The Morgan fingerprint density at radius 3 is 3.00 bits per heavy atom. The molecule has 0 amide bonds. The van der Waals surface area contributed by atoms with Crippen LogP contribution in [0.1, 0.15) is 36.6 Å². The molecule has 0 saturated heterocycles. The van der Waals surface area contributed by atoms with Crippen molar-refractivity contribution in [2.45, 2.75) is 33.2 Å². The largest absolute Gasteiger partial charge is 0.464 e. The standard InChI is InChI=1S/C11H16N2O2/c1-11(2)4-5-13-7-8(10(14)15-3)12-9(13)6-11/h7H,4-6H2,1-3H3. The summed E-state index contributed by atoms with van der Waals surface area (Å²) in [6, 6.07) is 0. The summed E-state index contributed by atoms with van der Waals surface area (Å²) in [5, 5.41) is 0. The van der Waals surface area contributed by atoms with Gasteiger partial charge >= 0.3 is 5.97 Å². The van der Waals surface area contributed by atoms with Gasteiger partial charge in [0.25, 0.3) is 0 Å². The molecule has 2 heterocycles. The number of esters is 1. The Morgan fingerprint density at radius 2 is 2.33 bits per heavy atom. The van der Waals surface area contributed by atoms with Crippen molar-refractivity contribution in [2.24, 2.45) is 5.41 Å². The lowest BCUT2D eigenvalue weighted by molar-refractivity contribution is 0.0594. The number of ether oxygens (including phenoxy) is 1. The Hall–Kier alpha value is -1.32. The number of rotatable bonds is 1. The van der Waals surface area contributed by atoms with Crippen LogP contribution in [-0.2, 0) is 17.7 Å². The molecule has 1 aromatic heterocycles. The lowest BCUT2D eigenvalue weighted by Crippen LogP contribution is -2.25. The number of fused-ring (bicyclic) bond motifs is 1. The number of methoxy groups -OCH3 is 1. The van der Waals surface area contributed by atoms with Crippen molar-refractivity contribution in [1.82, 2.24) is 9.55 Å². The summed E-state index contributed by atoms with van der Waals surface area (Å²) in [6.45, 7) is 5.39. The zero-order valence-electron chi connectivity index (χ0n) is 9.41. The van der Waals surface area contributed by atoms with Gasteiger partial charge in [0.05, 0.1) is 7.11 Å². The quantitative estimate of drug-likeness (QED) is 0.659. The lowest BCUT2D eigenvalue weighted by atomic mass is 9.83. The van der Waals surface area contributed by atoms with E-state index in [0.29, 0.717) is 5.69 Å². The average molecular weight is 208 g/mol. The van der Waals surface area contributed by atoms with Crippen LogP contribution in [0.4, 0.5) is 0 Å². The number of aromatic nitrogens is 2. The van der Waals surface area contributed by atoms with Crippen LogP contribution >= 0.6 is 0 Å². The second-order valence-corrected chi connectivity index (χ2v) is 4.82. The van der Waals surface area contributed by atoms with Crippen molar-refractivity contribution in [1.29, 1.82) is 0 Å². The molecular formula is C11H16N2O2. The van der Waals surface area contributed by atoms with E-state index in [-0.39, 0.29) is 11.4 Å². The number of aryl methyl sites for hydroxylation is 1. The maximum atomic E-state index is 11.3. The number of carbonyl (C=O) groups is 1. The van der Waals surface area contributed by atoms with Crippen LogP contribution in [0.15, 0.2) is 6.20 Å². The second kappa shape index (κ2) is 3.36. The first-order valence-corrected chi connectivity index (χ1v) is 5.16. The van der Waals surface area contributed by atoms with Crippen LogP contribution in [0.25, 0.3) is 0 Å². The van der Waals surface area contributed by atoms with Crippen molar-refractivity contribution in [3.63, 3.8) is 0 Å². The highest BCUT2D eigenvalue weighted by Crippen LogP contribution is 2.30. The average Bonchev–Trinajstić information content (AvgIpc) is 2.57. The number of imidazole rings is 1. The summed E-state index contributed by atoms with van der Waals surface area (Å²) in [4.78, 5) is 15.6. The SMILES string of the molecule is COC(=O)c1cn2c(n1)CC(C)(C)CC2. The molecule has 2 rings (SSSR count). The van der Waals surface area contributed by atoms with Gasteiger partial charge < -0.3 is 9.30 Å². The highest BCUT2D eigenvalue weighted by atomic mass is 16.5. The van der Waals surface area contributed by atoms with Crippen LogP contribution in [0.3, 0.4) is 0 Å². The van der Waals surface area contributed by atoms with Gasteiger partial charge in [-0.15, -0.1) is 0 Å². The van der Waals surface area contributed by atoms with Gasteiger partial charge in [-0.2, -0.15) is 0 Å². The summed E-state index contributed by atoms with van der Waals surface area (Å²) in [6.07, 6.45) is 3.83. The van der Waals surface area contributed by atoms with Crippen LogP contribution < -0.4 is 0 Å². The fraction of sp³-hybridized carbons (Fsp3) is 0.636. The molecule has 0 fully saturated rings. The molecule has 15 heavy (non-hydrogen) atoms. The molecule has 1 aliphatic rings. The van der Waals surface area contributed by atoms with Gasteiger partial charge in [-0.05, 0) is 11.8 Å². The predicted octanol–water partition coefficient (Wildman–Crippen LogP) is 1.64. The van der Waals surface area contributed by atoms with Crippen LogP contribution in [-0.4, -0.2) is 22.6 Å². The highest BCUT2D eigenvalue weighted by molar-refractivity contribution is 5.86. The smallest absolute Gasteiger partial charge is 0.358 e. The van der Waals surface area contributed by atoms with E-state index in [1.54, 1.807) is 6.20 Å². The van der Waals surface area contributed by atoms with Crippen molar-refractivity contribution in [3.05, 3.63) is 17.7 Å². The van der Waals surface area contributed by atoms with Gasteiger partial charge in [-0.25, -0.2) is 9.78 Å². The van der Waals surface area contributed by atoms with E-state index in [2.05, 4.69) is 28.1 Å². The third-order valence-corrected chi connectivity index (χ3v) is 2.92. The van der Waals surface area contributed by atoms with Crippen molar-refractivity contribution in [2.75, 3.05) is 7.11 Å². The molecule has 82 valence electrons. The summed E-state index contributed by atoms with van der Waals surface area (Å²) in [7, 11) is 1.38. The molecule has 0 saturated carbocycles. The van der Waals surface area contributed by atoms with Gasteiger partial charge in [-0.3, -0.25) is 0 Å². The van der Waals surface area contributed by atoms with Crippen molar-refractivity contribution in [3.8, 4) is 0 Å². The molecule has 1 aromatic rings. The zero-order valence-corrected chi connectivity index (χ0v) is 9.41. The number of hydrogen-bond donors (Lipinski definition) is 0. The monoisotopic (exact) mass is 208 g/mol. The predicted molar refractivity (Wildman–Crippen MR) is 55.7 cm³/mol. The van der Waals surface area contributed by atoms with Crippen molar-refractivity contribution >= 4 is 5.97 Å². The van der Waals surface area contributed by atoms with E-state index >= 15 is 0 Å². The Bertz CT molecular complexity index is 393. The highest BCUT2D eigenvalue weighted by Gasteiger charge is 2.27. The van der Waals surface area contributed by atoms with E-state index in [1.165, 1.54) is 7.11 Å². The van der Waals surface area contributed by atoms with Gasteiger partial charge in [0, 0.05) is 19.2 Å². The normalized spacial score (nSPS) is 18.3. The van der Waals surface area contributed by atoms with E-state index < -0.39 is 0 Å².